The maximum absolute atomic E-state index is 15.6. The number of hydrogen-bond acceptors (Lipinski definition) is 9. The molecule has 0 bridgehead atoms. The lowest BCUT2D eigenvalue weighted by atomic mass is 10.0. The monoisotopic (exact) mass is 610 g/mol. The normalized spacial score (nSPS) is 18.5. The summed E-state index contributed by atoms with van der Waals surface area (Å²) in [5.74, 6) is -1.00. The van der Waals surface area contributed by atoms with E-state index >= 15 is 4.39 Å². The number of fused-ring (bicyclic) bond motifs is 1. The number of aliphatic carboxylic acids is 1. The molecule has 2 aromatic heterocycles. The summed E-state index contributed by atoms with van der Waals surface area (Å²) in [6, 6.07) is 16.6. The smallest absolute Gasteiger partial charge is 0.475 e. The maximum Gasteiger partial charge on any atom is 0.490 e. The van der Waals surface area contributed by atoms with Gasteiger partial charge in [-0.3, -0.25) is 5.01 Å². The van der Waals surface area contributed by atoms with E-state index in [0.717, 1.165) is 11.3 Å². The van der Waals surface area contributed by atoms with Crippen molar-refractivity contribution >= 4 is 29.2 Å². The molecule has 4 heterocycles. The number of carboxylic acids is 1. The molecule has 1 fully saturated rings. The molecule has 44 heavy (non-hydrogen) atoms. The molecule has 0 amide bonds. The molecule has 15 heteroatoms. The topological polar surface area (TPSA) is 135 Å². The van der Waals surface area contributed by atoms with Crippen LogP contribution in [-0.4, -0.2) is 72.6 Å². The zero-order valence-corrected chi connectivity index (χ0v) is 22.9. The molecule has 6 rings (SSSR count). The van der Waals surface area contributed by atoms with Gasteiger partial charge in [-0.15, -0.1) is 0 Å². The number of aromatic nitrogens is 4. The van der Waals surface area contributed by atoms with E-state index in [9.17, 15) is 13.2 Å². The SMILES string of the molecule is Nc1ncnc2c1c(-c1ccc(Oc3ccccc3)cc1)nn2C1CCN(N2C=CC=CN=C2)CC1F.O=C(O)C(F)(F)F. The lowest BCUT2D eigenvalue weighted by Gasteiger charge is -2.38. The summed E-state index contributed by atoms with van der Waals surface area (Å²) in [4.78, 5) is 21.7. The van der Waals surface area contributed by atoms with Crippen LogP contribution < -0.4 is 10.5 Å². The van der Waals surface area contributed by atoms with E-state index in [4.69, 9.17) is 25.5 Å². The first-order valence-electron chi connectivity index (χ1n) is 13.3. The summed E-state index contributed by atoms with van der Waals surface area (Å²) < 4.78 is 55.0. The second kappa shape index (κ2) is 12.9. The minimum Gasteiger partial charge on any atom is -0.475 e. The van der Waals surface area contributed by atoms with E-state index in [1.807, 2.05) is 83.0 Å². The number of carboxylic acid groups (broad SMARTS) is 1. The quantitative estimate of drug-likeness (QED) is 0.286. The molecule has 0 spiro atoms. The lowest BCUT2D eigenvalue weighted by Crippen LogP contribution is -2.49. The van der Waals surface area contributed by atoms with Gasteiger partial charge in [0.25, 0.3) is 0 Å². The average molecular weight is 611 g/mol. The Morgan fingerprint density at radius 1 is 1.02 bits per heavy atom. The number of anilines is 1. The van der Waals surface area contributed by atoms with Gasteiger partial charge in [0.1, 0.15) is 41.8 Å². The summed E-state index contributed by atoms with van der Waals surface area (Å²) in [6.07, 6.45) is 4.60. The third-order valence-corrected chi connectivity index (χ3v) is 6.70. The summed E-state index contributed by atoms with van der Waals surface area (Å²) in [6.45, 7) is 0.827. The standard InChI is InChI=1S/C27H25FN8O.C2HF3O2/c28-22-16-34(35-14-5-4-13-30-18-35)15-12-23(22)36-27-24(26(29)31-17-32-27)25(33-36)19-8-10-21(11-9-19)37-20-6-2-1-3-7-20;3-2(4,5)1(6)7/h1-11,13-14,17-18,22-23H,12,15-16H2,(H2,29,31,32);(H,6,7). The first kappa shape index (κ1) is 30.2. The van der Waals surface area contributed by atoms with Gasteiger partial charge in [-0.25, -0.2) is 33.8 Å². The zero-order valence-electron chi connectivity index (χ0n) is 22.9. The molecule has 0 radical (unpaired) electrons. The number of nitrogen functional groups attached to an aromatic ring is 1. The van der Waals surface area contributed by atoms with E-state index in [2.05, 4.69) is 15.0 Å². The number of nitrogens with zero attached hydrogens (tertiary/aromatic N) is 7. The molecule has 11 nitrogen and oxygen atoms in total. The fourth-order valence-corrected chi connectivity index (χ4v) is 4.65. The molecule has 3 N–H and O–H groups in total. The number of para-hydroxylation sites is 1. The lowest BCUT2D eigenvalue weighted by molar-refractivity contribution is -0.192. The Morgan fingerprint density at radius 3 is 2.41 bits per heavy atom. The highest BCUT2D eigenvalue weighted by Crippen LogP contribution is 2.36. The van der Waals surface area contributed by atoms with Crippen LogP contribution in [0.4, 0.5) is 23.4 Å². The Bertz CT molecular complexity index is 1670. The number of ether oxygens (including phenoxy) is 1. The molecule has 2 aliphatic rings. The van der Waals surface area contributed by atoms with Crippen LogP contribution in [-0.2, 0) is 4.79 Å². The van der Waals surface area contributed by atoms with Crippen molar-refractivity contribution in [2.24, 2.45) is 4.99 Å². The number of piperidine rings is 1. The Morgan fingerprint density at radius 2 is 1.73 bits per heavy atom. The molecule has 4 aromatic rings. The average Bonchev–Trinajstić information content (AvgIpc) is 3.18. The van der Waals surface area contributed by atoms with Gasteiger partial charge in [0.2, 0.25) is 0 Å². The summed E-state index contributed by atoms with van der Waals surface area (Å²) in [5.41, 5.74) is 8.22. The predicted molar refractivity (Wildman–Crippen MR) is 154 cm³/mol. The zero-order chi connectivity index (χ0) is 31.3. The van der Waals surface area contributed by atoms with Crippen LogP contribution in [0.5, 0.6) is 11.5 Å². The fraction of sp³-hybridized carbons (Fsp3) is 0.207. The van der Waals surface area contributed by atoms with Crippen molar-refractivity contribution in [3.8, 4) is 22.8 Å². The second-order valence-electron chi connectivity index (χ2n) is 9.61. The van der Waals surface area contributed by atoms with Gasteiger partial charge in [0.15, 0.2) is 5.65 Å². The molecule has 2 atom stereocenters. The largest absolute Gasteiger partial charge is 0.490 e. The van der Waals surface area contributed by atoms with Crippen molar-refractivity contribution in [3.05, 3.63) is 85.5 Å². The van der Waals surface area contributed by atoms with Crippen LogP contribution >= 0.6 is 0 Å². The molecule has 0 saturated carbocycles. The molecule has 228 valence electrons. The third kappa shape index (κ3) is 6.83. The number of hydrazine groups is 1. The number of hydrogen-bond donors (Lipinski definition) is 2. The molecule has 0 aliphatic carbocycles. The van der Waals surface area contributed by atoms with Crippen molar-refractivity contribution < 1.29 is 32.2 Å². The third-order valence-electron chi connectivity index (χ3n) is 6.70. The number of alkyl halides is 4. The van der Waals surface area contributed by atoms with Gasteiger partial charge in [-0.05, 0) is 55.0 Å². The number of nitrogens with two attached hydrogens (primary N) is 1. The number of rotatable bonds is 5. The number of halogens is 4. The van der Waals surface area contributed by atoms with Crippen molar-refractivity contribution in [2.45, 2.75) is 24.8 Å². The first-order valence-corrected chi connectivity index (χ1v) is 13.3. The van der Waals surface area contributed by atoms with Crippen molar-refractivity contribution in [3.63, 3.8) is 0 Å². The Hall–Kier alpha value is -5.31. The molecule has 2 aromatic carbocycles. The van der Waals surface area contributed by atoms with E-state index < -0.39 is 24.4 Å². The van der Waals surface area contributed by atoms with Crippen LogP contribution in [0.3, 0.4) is 0 Å². The van der Waals surface area contributed by atoms with Gasteiger partial charge >= 0.3 is 12.1 Å². The van der Waals surface area contributed by atoms with Gasteiger partial charge in [-0.1, -0.05) is 18.2 Å². The van der Waals surface area contributed by atoms with Crippen LogP contribution in [0.25, 0.3) is 22.3 Å². The van der Waals surface area contributed by atoms with Crippen molar-refractivity contribution in [2.75, 3.05) is 18.8 Å². The Labute approximate surface area is 248 Å². The van der Waals surface area contributed by atoms with Crippen molar-refractivity contribution in [1.29, 1.82) is 0 Å². The van der Waals surface area contributed by atoms with Crippen LogP contribution in [0, 0.1) is 0 Å². The number of carbonyl (C=O) groups is 1. The number of benzene rings is 2. The minimum atomic E-state index is -5.08. The van der Waals surface area contributed by atoms with Crippen molar-refractivity contribution in [1.82, 2.24) is 29.8 Å². The van der Waals surface area contributed by atoms with Crippen LogP contribution in [0.15, 0.2) is 90.5 Å². The molecule has 1 saturated heterocycles. The van der Waals surface area contributed by atoms with Gasteiger partial charge in [-0.2, -0.15) is 18.3 Å². The summed E-state index contributed by atoms with van der Waals surface area (Å²) in [5, 5.41) is 16.3. The minimum absolute atomic E-state index is 0.198. The van der Waals surface area contributed by atoms with Gasteiger partial charge < -0.3 is 15.6 Å². The Kier molecular flexibility index (Phi) is 8.85. The van der Waals surface area contributed by atoms with Gasteiger partial charge in [0.05, 0.1) is 18.0 Å². The molecule has 2 unspecified atom stereocenters. The fourth-order valence-electron chi connectivity index (χ4n) is 4.65. The van der Waals surface area contributed by atoms with E-state index in [1.165, 1.54) is 6.33 Å². The highest BCUT2D eigenvalue weighted by molar-refractivity contribution is 5.98. The Balaban J connectivity index is 0.000000493. The van der Waals surface area contributed by atoms with E-state index in [1.54, 1.807) is 17.2 Å². The predicted octanol–water partition coefficient (Wildman–Crippen LogP) is 5.37. The van der Waals surface area contributed by atoms with Gasteiger partial charge in [0, 0.05) is 24.5 Å². The highest BCUT2D eigenvalue weighted by atomic mass is 19.4. The number of allylic oxidation sites excluding steroid dienone is 2. The van der Waals surface area contributed by atoms with E-state index in [-0.39, 0.29) is 6.54 Å². The molecular weight excluding hydrogens is 584 g/mol. The number of aliphatic imine (C=N–C) groups is 1. The van der Waals surface area contributed by atoms with Crippen LogP contribution in [0.1, 0.15) is 12.5 Å². The maximum atomic E-state index is 15.6. The summed E-state index contributed by atoms with van der Waals surface area (Å²) in [7, 11) is 0. The van der Waals surface area contributed by atoms with E-state index in [0.29, 0.717) is 41.3 Å². The summed E-state index contributed by atoms with van der Waals surface area (Å²) >= 11 is 0. The molecule has 2 aliphatic heterocycles. The second-order valence-corrected chi connectivity index (χ2v) is 9.61. The first-order chi connectivity index (χ1) is 21.1. The molecular formula is C29H26F4N8O3. The highest BCUT2D eigenvalue weighted by Gasteiger charge is 2.38. The van der Waals surface area contributed by atoms with Crippen LogP contribution in [0.2, 0.25) is 0 Å².